The number of carbonyl (C=O) groups excluding carboxylic acids is 2. The molecule has 0 fully saturated rings. The predicted octanol–water partition coefficient (Wildman–Crippen LogP) is 2.35. The lowest BCUT2D eigenvalue weighted by Crippen LogP contribution is -2.44. The SMILES string of the molecule is COc1ccc([C@H]2NC(=O)NC3=C2C(=O)N(Cc2ccccc2OC)C3)cc1. The molecule has 0 bridgehead atoms. The van der Waals surface area contributed by atoms with Crippen LogP contribution in [0.2, 0.25) is 0 Å². The van der Waals surface area contributed by atoms with E-state index in [0.29, 0.717) is 30.1 Å². The second kappa shape index (κ2) is 7.26. The average molecular weight is 379 g/mol. The van der Waals surface area contributed by atoms with Crippen LogP contribution in [0.4, 0.5) is 4.79 Å². The first-order valence-electron chi connectivity index (χ1n) is 8.96. The van der Waals surface area contributed by atoms with E-state index in [9.17, 15) is 9.59 Å². The number of methoxy groups -OCH3 is 2. The van der Waals surface area contributed by atoms with Crippen LogP contribution >= 0.6 is 0 Å². The third kappa shape index (κ3) is 3.15. The van der Waals surface area contributed by atoms with Gasteiger partial charge < -0.3 is 25.0 Å². The third-order valence-electron chi connectivity index (χ3n) is 5.02. The van der Waals surface area contributed by atoms with Gasteiger partial charge in [-0.3, -0.25) is 4.79 Å². The van der Waals surface area contributed by atoms with Crippen molar-refractivity contribution in [2.24, 2.45) is 0 Å². The highest BCUT2D eigenvalue weighted by Crippen LogP contribution is 2.34. The number of carbonyl (C=O) groups is 2. The molecule has 0 aromatic heterocycles. The molecule has 0 aliphatic carbocycles. The number of nitrogens with one attached hydrogen (secondary N) is 2. The summed E-state index contributed by atoms with van der Waals surface area (Å²) in [5.41, 5.74) is 2.96. The number of benzene rings is 2. The Balaban J connectivity index is 1.61. The van der Waals surface area contributed by atoms with Gasteiger partial charge in [0, 0.05) is 5.56 Å². The van der Waals surface area contributed by atoms with Crippen LogP contribution in [0.5, 0.6) is 11.5 Å². The minimum Gasteiger partial charge on any atom is -0.497 e. The smallest absolute Gasteiger partial charge is 0.319 e. The Hall–Kier alpha value is -3.48. The average Bonchev–Trinajstić information content (AvgIpc) is 3.03. The molecule has 2 aliphatic heterocycles. The molecule has 0 radical (unpaired) electrons. The van der Waals surface area contributed by atoms with Gasteiger partial charge in [-0.15, -0.1) is 0 Å². The van der Waals surface area contributed by atoms with E-state index in [1.165, 1.54) is 0 Å². The number of ether oxygens (including phenoxy) is 2. The van der Waals surface area contributed by atoms with Gasteiger partial charge in [0.1, 0.15) is 11.5 Å². The Labute approximate surface area is 162 Å². The topological polar surface area (TPSA) is 79.9 Å². The van der Waals surface area contributed by atoms with E-state index >= 15 is 0 Å². The predicted molar refractivity (Wildman–Crippen MR) is 103 cm³/mol. The van der Waals surface area contributed by atoms with Crippen LogP contribution in [0.3, 0.4) is 0 Å². The van der Waals surface area contributed by atoms with Gasteiger partial charge in [-0.1, -0.05) is 30.3 Å². The Morgan fingerprint density at radius 2 is 1.79 bits per heavy atom. The fourth-order valence-corrected chi connectivity index (χ4v) is 3.64. The quantitative estimate of drug-likeness (QED) is 0.836. The molecule has 7 heteroatoms. The summed E-state index contributed by atoms with van der Waals surface area (Å²) in [6, 6.07) is 14.1. The molecular weight excluding hydrogens is 358 g/mol. The van der Waals surface area contributed by atoms with Gasteiger partial charge in [0.2, 0.25) is 0 Å². The summed E-state index contributed by atoms with van der Waals surface area (Å²) in [7, 11) is 3.20. The van der Waals surface area contributed by atoms with Crippen LogP contribution in [-0.2, 0) is 11.3 Å². The molecule has 2 N–H and O–H groups in total. The van der Waals surface area contributed by atoms with Gasteiger partial charge in [0.25, 0.3) is 5.91 Å². The van der Waals surface area contributed by atoms with Gasteiger partial charge in [0.15, 0.2) is 0 Å². The number of hydrogen-bond donors (Lipinski definition) is 2. The Kier molecular flexibility index (Phi) is 4.65. The van der Waals surface area contributed by atoms with Gasteiger partial charge >= 0.3 is 6.03 Å². The lowest BCUT2D eigenvalue weighted by molar-refractivity contribution is -0.126. The Bertz CT molecular complexity index is 952. The molecule has 2 aromatic rings. The zero-order valence-corrected chi connectivity index (χ0v) is 15.7. The zero-order valence-electron chi connectivity index (χ0n) is 15.7. The summed E-state index contributed by atoms with van der Waals surface area (Å²) in [6.45, 7) is 0.757. The lowest BCUT2D eigenvalue weighted by Gasteiger charge is -2.25. The van der Waals surface area contributed by atoms with Crippen molar-refractivity contribution in [1.82, 2.24) is 15.5 Å². The molecule has 2 aromatic carbocycles. The molecule has 1 atom stereocenters. The number of urea groups is 1. The molecule has 144 valence electrons. The molecule has 28 heavy (non-hydrogen) atoms. The van der Waals surface area contributed by atoms with Crippen LogP contribution in [0.25, 0.3) is 0 Å². The van der Waals surface area contributed by atoms with Crippen molar-refractivity contribution in [2.45, 2.75) is 12.6 Å². The minimum absolute atomic E-state index is 0.103. The van der Waals surface area contributed by atoms with E-state index in [1.54, 1.807) is 19.1 Å². The van der Waals surface area contributed by atoms with Gasteiger partial charge in [-0.05, 0) is 23.8 Å². The van der Waals surface area contributed by atoms with Crippen LogP contribution in [0, 0.1) is 0 Å². The van der Waals surface area contributed by atoms with Crippen LogP contribution in [0.15, 0.2) is 59.8 Å². The summed E-state index contributed by atoms with van der Waals surface area (Å²) in [6.07, 6.45) is 0. The molecule has 7 nitrogen and oxygen atoms in total. The number of amides is 3. The second-order valence-electron chi connectivity index (χ2n) is 6.67. The molecule has 0 saturated heterocycles. The van der Waals surface area contributed by atoms with Crippen molar-refractivity contribution in [3.05, 3.63) is 70.9 Å². The minimum atomic E-state index is -0.496. The van der Waals surface area contributed by atoms with Gasteiger partial charge in [-0.2, -0.15) is 0 Å². The highest BCUT2D eigenvalue weighted by Gasteiger charge is 2.40. The number of nitrogens with zero attached hydrogens (tertiary/aromatic N) is 1. The van der Waals surface area contributed by atoms with E-state index < -0.39 is 6.04 Å². The third-order valence-corrected chi connectivity index (χ3v) is 5.02. The standard InChI is InChI=1S/C21H21N3O4/c1-27-15-9-7-13(8-10-15)19-18-16(22-21(26)23-19)12-24(20(18)25)11-14-5-3-4-6-17(14)28-2/h3-10,19H,11-12H2,1-2H3,(H2,22,23,26)/t19-/m1/s1. The number of rotatable bonds is 5. The van der Waals surface area contributed by atoms with E-state index in [1.807, 2.05) is 48.5 Å². The van der Waals surface area contributed by atoms with Crippen molar-refractivity contribution < 1.29 is 19.1 Å². The summed E-state index contributed by atoms with van der Waals surface area (Å²) < 4.78 is 10.6. The summed E-state index contributed by atoms with van der Waals surface area (Å²) in [5, 5.41) is 5.64. The molecule has 0 spiro atoms. The number of hydrogen-bond acceptors (Lipinski definition) is 4. The molecule has 3 amide bonds. The first-order valence-corrected chi connectivity index (χ1v) is 8.96. The second-order valence-corrected chi connectivity index (χ2v) is 6.67. The fourth-order valence-electron chi connectivity index (χ4n) is 3.64. The van der Waals surface area contributed by atoms with Crippen LogP contribution in [-0.4, -0.2) is 37.6 Å². The van der Waals surface area contributed by atoms with E-state index in [-0.39, 0.29) is 11.9 Å². The maximum Gasteiger partial charge on any atom is 0.319 e. The first-order chi connectivity index (χ1) is 13.6. The molecule has 0 unspecified atom stereocenters. The molecule has 2 aliphatic rings. The van der Waals surface area contributed by atoms with E-state index in [2.05, 4.69) is 10.6 Å². The summed E-state index contributed by atoms with van der Waals surface area (Å²) in [5.74, 6) is 1.34. The fraction of sp³-hybridized carbons (Fsp3) is 0.238. The maximum atomic E-state index is 13.2. The van der Waals surface area contributed by atoms with Crippen LogP contribution in [0.1, 0.15) is 17.2 Å². The maximum absolute atomic E-state index is 13.2. The molecule has 2 heterocycles. The molecular formula is C21H21N3O4. The van der Waals surface area contributed by atoms with Gasteiger partial charge in [-0.25, -0.2) is 4.79 Å². The Morgan fingerprint density at radius 3 is 2.50 bits per heavy atom. The van der Waals surface area contributed by atoms with Crippen LogP contribution < -0.4 is 20.1 Å². The monoisotopic (exact) mass is 379 g/mol. The molecule has 0 saturated carbocycles. The highest BCUT2D eigenvalue weighted by molar-refractivity contribution is 6.01. The summed E-state index contributed by atoms with van der Waals surface area (Å²) in [4.78, 5) is 27.0. The largest absolute Gasteiger partial charge is 0.497 e. The van der Waals surface area contributed by atoms with E-state index in [0.717, 1.165) is 16.9 Å². The van der Waals surface area contributed by atoms with Gasteiger partial charge in [0.05, 0.1) is 44.6 Å². The van der Waals surface area contributed by atoms with Crippen molar-refractivity contribution in [1.29, 1.82) is 0 Å². The van der Waals surface area contributed by atoms with Crippen molar-refractivity contribution >= 4 is 11.9 Å². The van der Waals surface area contributed by atoms with Crippen molar-refractivity contribution in [3.63, 3.8) is 0 Å². The van der Waals surface area contributed by atoms with E-state index in [4.69, 9.17) is 9.47 Å². The molecule has 4 rings (SSSR count). The highest BCUT2D eigenvalue weighted by atomic mass is 16.5. The Morgan fingerprint density at radius 1 is 1.04 bits per heavy atom. The van der Waals surface area contributed by atoms with Crippen molar-refractivity contribution in [2.75, 3.05) is 20.8 Å². The number of para-hydroxylation sites is 1. The van der Waals surface area contributed by atoms with Crippen molar-refractivity contribution in [3.8, 4) is 11.5 Å². The lowest BCUT2D eigenvalue weighted by atomic mass is 9.96. The normalized spacial score (nSPS) is 18.5. The first kappa shape index (κ1) is 17.9. The summed E-state index contributed by atoms with van der Waals surface area (Å²) >= 11 is 0. The zero-order chi connectivity index (χ0) is 19.7.